The predicted octanol–water partition coefficient (Wildman–Crippen LogP) is 2.34. The minimum absolute atomic E-state index is 0.00507. The molecular formula is C16H22N2O2S. The van der Waals surface area contributed by atoms with Crippen LogP contribution in [0.2, 0.25) is 0 Å². The highest BCUT2D eigenvalue weighted by atomic mass is 32.1. The summed E-state index contributed by atoms with van der Waals surface area (Å²) < 4.78 is 0. The van der Waals surface area contributed by atoms with Gasteiger partial charge in [0.25, 0.3) is 0 Å². The molecule has 2 aliphatic rings. The van der Waals surface area contributed by atoms with Gasteiger partial charge >= 0.3 is 0 Å². The quantitative estimate of drug-likeness (QED) is 0.932. The molecule has 0 radical (unpaired) electrons. The van der Waals surface area contributed by atoms with E-state index < -0.39 is 5.54 Å². The molecule has 2 heterocycles. The van der Waals surface area contributed by atoms with Crippen LogP contribution in [0.4, 0.5) is 0 Å². The van der Waals surface area contributed by atoms with Crippen LogP contribution in [0.3, 0.4) is 0 Å². The Bertz CT molecular complexity index is 520. The summed E-state index contributed by atoms with van der Waals surface area (Å²) in [5.41, 5.74) is -0.614. The fourth-order valence-corrected chi connectivity index (χ4v) is 4.37. The van der Waals surface area contributed by atoms with Gasteiger partial charge in [0, 0.05) is 17.3 Å². The third-order valence-corrected chi connectivity index (χ3v) is 5.58. The molecule has 1 spiro atoms. The van der Waals surface area contributed by atoms with Crippen LogP contribution in [0.5, 0.6) is 0 Å². The van der Waals surface area contributed by atoms with E-state index in [1.54, 1.807) is 16.2 Å². The molecule has 4 nitrogen and oxygen atoms in total. The second-order valence-electron chi connectivity index (χ2n) is 6.26. The molecular weight excluding hydrogens is 284 g/mol. The number of hydrogen-bond donors (Lipinski definition) is 1. The molecule has 114 valence electrons. The molecule has 2 amide bonds. The number of piperazine rings is 1. The van der Waals surface area contributed by atoms with Crippen LogP contribution in [0.15, 0.2) is 17.5 Å². The van der Waals surface area contributed by atoms with E-state index in [2.05, 4.69) is 16.8 Å². The van der Waals surface area contributed by atoms with E-state index in [0.717, 1.165) is 38.5 Å². The van der Waals surface area contributed by atoms with Gasteiger partial charge in [0.15, 0.2) is 0 Å². The summed E-state index contributed by atoms with van der Waals surface area (Å²) in [6, 6.07) is 4.19. The topological polar surface area (TPSA) is 49.4 Å². The Labute approximate surface area is 129 Å². The Morgan fingerprint density at radius 2 is 2.10 bits per heavy atom. The first kappa shape index (κ1) is 14.6. The molecule has 0 aromatic carbocycles. The summed E-state index contributed by atoms with van der Waals surface area (Å²) in [5, 5.41) is 5.05. The number of amides is 2. The molecule has 5 heteroatoms. The zero-order valence-electron chi connectivity index (χ0n) is 12.4. The van der Waals surface area contributed by atoms with Gasteiger partial charge in [0.05, 0.1) is 6.54 Å². The van der Waals surface area contributed by atoms with E-state index in [4.69, 9.17) is 0 Å². The molecule has 1 aromatic heterocycles. The number of nitrogens with one attached hydrogen (secondary N) is 1. The minimum atomic E-state index is -0.614. The van der Waals surface area contributed by atoms with Gasteiger partial charge in [-0.15, -0.1) is 11.3 Å². The maximum Gasteiger partial charge on any atom is 0.249 e. The fraction of sp³-hybridized carbons (Fsp3) is 0.625. The highest BCUT2D eigenvalue weighted by molar-refractivity contribution is 7.09. The number of rotatable bonds is 3. The highest BCUT2D eigenvalue weighted by Crippen LogP contribution is 2.33. The lowest BCUT2D eigenvalue weighted by Gasteiger charge is -2.46. The normalized spacial score (nSPS) is 23.2. The van der Waals surface area contributed by atoms with Gasteiger partial charge in [-0.1, -0.05) is 25.3 Å². The average Bonchev–Trinajstić information content (AvgIpc) is 2.96. The Hall–Kier alpha value is -1.36. The largest absolute Gasteiger partial charge is 0.340 e. The van der Waals surface area contributed by atoms with Crippen molar-refractivity contribution in [3.63, 3.8) is 0 Å². The summed E-state index contributed by atoms with van der Waals surface area (Å²) in [6.07, 6.45) is 5.63. The Kier molecular flexibility index (Phi) is 4.02. The highest BCUT2D eigenvalue weighted by Gasteiger charge is 2.47. The van der Waals surface area contributed by atoms with E-state index in [1.165, 1.54) is 4.88 Å². The van der Waals surface area contributed by atoms with Gasteiger partial charge in [0.1, 0.15) is 5.54 Å². The molecule has 1 atom stereocenters. The second kappa shape index (κ2) is 5.79. The molecule has 1 saturated carbocycles. The standard InChI is InChI=1S/C16H22N2O2S/c1-12(10-13-6-5-9-21-13)18-11-14(19)17-16(15(18)20)7-3-2-4-8-16/h5-6,9,12H,2-4,7-8,10-11H2,1H3,(H,17,19). The summed E-state index contributed by atoms with van der Waals surface area (Å²) >= 11 is 1.71. The van der Waals surface area contributed by atoms with Crippen molar-refractivity contribution >= 4 is 23.2 Å². The van der Waals surface area contributed by atoms with Crippen LogP contribution in [0, 0.1) is 0 Å². The molecule has 2 fully saturated rings. The molecule has 1 aliphatic heterocycles. The van der Waals surface area contributed by atoms with Crippen LogP contribution in [0.25, 0.3) is 0 Å². The fourth-order valence-electron chi connectivity index (χ4n) is 3.54. The van der Waals surface area contributed by atoms with Crippen LogP contribution < -0.4 is 5.32 Å². The molecule has 21 heavy (non-hydrogen) atoms. The van der Waals surface area contributed by atoms with Crippen molar-refractivity contribution in [2.24, 2.45) is 0 Å². The molecule has 3 rings (SSSR count). The van der Waals surface area contributed by atoms with Crippen molar-refractivity contribution in [1.82, 2.24) is 10.2 Å². The van der Waals surface area contributed by atoms with Gasteiger partial charge in [-0.2, -0.15) is 0 Å². The smallest absolute Gasteiger partial charge is 0.249 e. The van der Waals surface area contributed by atoms with Crippen molar-refractivity contribution in [2.75, 3.05) is 6.54 Å². The SMILES string of the molecule is CC(Cc1cccs1)N1CC(=O)NC2(CCCCC2)C1=O. The summed E-state index contributed by atoms with van der Waals surface area (Å²) in [6.45, 7) is 2.25. The second-order valence-corrected chi connectivity index (χ2v) is 7.29. The zero-order valence-corrected chi connectivity index (χ0v) is 13.2. The van der Waals surface area contributed by atoms with E-state index in [-0.39, 0.29) is 24.4 Å². The van der Waals surface area contributed by atoms with Crippen LogP contribution >= 0.6 is 11.3 Å². The first-order valence-corrected chi connectivity index (χ1v) is 8.63. The number of hydrogen-bond acceptors (Lipinski definition) is 3. The van der Waals surface area contributed by atoms with Gasteiger partial charge in [-0.05, 0) is 31.2 Å². The lowest BCUT2D eigenvalue weighted by molar-refractivity contribution is -0.153. The van der Waals surface area contributed by atoms with Gasteiger partial charge in [0.2, 0.25) is 11.8 Å². The van der Waals surface area contributed by atoms with E-state index >= 15 is 0 Å². The summed E-state index contributed by atoms with van der Waals surface area (Å²) in [5.74, 6) is 0.125. The van der Waals surface area contributed by atoms with Gasteiger partial charge < -0.3 is 10.2 Å². The van der Waals surface area contributed by atoms with E-state index in [0.29, 0.717) is 0 Å². The minimum Gasteiger partial charge on any atom is -0.340 e. The van der Waals surface area contributed by atoms with Crippen molar-refractivity contribution < 1.29 is 9.59 Å². The van der Waals surface area contributed by atoms with Crippen molar-refractivity contribution in [2.45, 2.75) is 57.0 Å². The Morgan fingerprint density at radius 3 is 2.76 bits per heavy atom. The monoisotopic (exact) mass is 306 g/mol. The third-order valence-electron chi connectivity index (χ3n) is 4.68. The maximum atomic E-state index is 12.9. The number of thiophene rings is 1. The average molecular weight is 306 g/mol. The van der Waals surface area contributed by atoms with Crippen molar-refractivity contribution in [3.8, 4) is 0 Å². The number of carbonyl (C=O) groups is 2. The zero-order chi connectivity index (χ0) is 14.9. The Morgan fingerprint density at radius 1 is 1.33 bits per heavy atom. The molecule has 1 N–H and O–H groups in total. The first-order valence-electron chi connectivity index (χ1n) is 7.75. The van der Waals surface area contributed by atoms with E-state index in [9.17, 15) is 9.59 Å². The first-order chi connectivity index (χ1) is 10.1. The number of carbonyl (C=O) groups excluding carboxylic acids is 2. The molecule has 1 unspecified atom stereocenters. The molecule has 1 aliphatic carbocycles. The summed E-state index contributed by atoms with van der Waals surface area (Å²) in [7, 11) is 0. The van der Waals surface area contributed by atoms with Gasteiger partial charge in [-0.3, -0.25) is 9.59 Å². The van der Waals surface area contributed by atoms with Crippen LogP contribution in [0.1, 0.15) is 43.9 Å². The predicted molar refractivity (Wildman–Crippen MR) is 83.2 cm³/mol. The third kappa shape index (κ3) is 2.84. The van der Waals surface area contributed by atoms with Crippen molar-refractivity contribution in [1.29, 1.82) is 0 Å². The van der Waals surface area contributed by atoms with Crippen LogP contribution in [-0.4, -0.2) is 34.8 Å². The van der Waals surface area contributed by atoms with E-state index in [1.807, 2.05) is 13.0 Å². The van der Waals surface area contributed by atoms with Gasteiger partial charge in [-0.25, -0.2) is 0 Å². The summed E-state index contributed by atoms with van der Waals surface area (Å²) in [4.78, 5) is 28.1. The molecule has 1 saturated heterocycles. The van der Waals surface area contributed by atoms with Crippen LogP contribution in [-0.2, 0) is 16.0 Å². The Balaban J connectivity index is 1.77. The molecule has 1 aromatic rings. The van der Waals surface area contributed by atoms with Crippen molar-refractivity contribution in [3.05, 3.63) is 22.4 Å². The lowest BCUT2D eigenvalue weighted by atomic mass is 9.79. The number of nitrogens with zero attached hydrogens (tertiary/aromatic N) is 1. The lowest BCUT2D eigenvalue weighted by Crippen LogP contribution is -2.68. The maximum absolute atomic E-state index is 12.9. The molecule has 0 bridgehead atoms.